The van der Waals surface area contributed by atoms with Gasteiger partial charge in [-0.05, 0) is 63.6 Å². The Balaban J connectivity index is 1.69. The highest BCUT2D eigenvalue weighted by Gasteiger charge is 2.44. The lowest BCUT2D eigenvalue weighted by molar-refractivity contribution is -0.159. The monoisotopic (exact) mass is 377 g/mol. The molecule has 2 fully saturated rings. The van der Waals surface area contributed by atoms with E-state index < -0.39 is 5.41 Å². The molecule has 1 saturated carbocycles. The summed E-state index contributed by atoms with van der Waals surface area (Å²) in [6.45, 7) is 3.98. The van der Waals surface area contributed by atoms with Crippen LogP contribution in [0.25, 0.3) is 0 Å². The number of amides is 1. The first-order chi connectivity index (χ1) is 12.4. The van der Waals surface area contributed by atoms with Crippen LogP contribution in [0.5, 0.6) is 0 Å². The van der Waals surface area contributed by atoms with E-state index in [1.807, 2.05) is 29.2 Å². The van der Waals surface area contributed by atoms with Gasteiger partial charge in [-0.15, -0.1) is 0 Å². The van der Waals surface area contributed by atoms with E-state index >= 15 is 0 Å². The molecule has 0 N–H and O–H groups in total. The lowest BCUT2D eigenvalue weighted by Crippen LogP contribution is -2.49. The number of rotatable bonds is 4. The van der Waals surface area contributed by atoms with Crippen molar-refractivity contribution in [3.63, 3.8) is 0 Å². The van der Waals surface area contributed by atoms with E-state index in [9.17, 15) is 9.59 Å². The van der Waals surface area contributed by atoms with Crippen molar-refractivity contribution >= 4 is 23.5 Å². The maximum Gasteiger partial charge on any atom is 0.317 e. The summed E-state index contributed by atoms with van der Waals surface area (Å²) < 4.78 is 5.56. The molecule has 1 heterocycles. The lowest BCUT2D eigenvalue weighted by atomic mass is 9.79. The number of piperidine rings is 1. The fourth-order valence-corrected chi connectivity index (χ4v) is 4.74. The molecule has 1 aromatic carbocycles. The van der Waals surface area contributed by atoms with Gasteiger partial charge in [-0.1, -0.05) is 36.6 Å². The Morgan fingerprint density at radius 2 is 1.65 bits per heavy atom. The van der Waals surface area contributed by atoms with Crippen molar-refractivity contribution < 1.29 is 14.3 Å². The average molecular weight is 378 g/mol. The molecule has 1 aliphatic carbocycles. The molecule has 142 valence electrons. The minimum absolute atomic E-state index is 0.0812. The number of carbonyl (C=O) groups is 2. The summed E-state index contributed by atoms with van der Waals surface area (Å²) in [5.41, 5.74) is 0.306. The number of carbonyl (C=O) groups excluding carboxylic acids is 2. The zero-order valence-corrected chi connectivity index (χ0v) is 16.4. The van der Waals surface area contributed by atoms with Crippen LogP contribution in [0.4, 0.5) is 0 Å². The largest absolute Gasteiger partial charge is 0.455 e. The van der Waals surface area contributed by atoms with Crippen molar-refractivity contribution in [3.8, 4) is 0 Å². The van der Waals surface area contributed by atoms with E-state index in [0.717, 1.165) is 50.5 Å². The van der Waals surface area contributed by atoms with Crippen LogP contribution in [0.1, 0.15) is 64.4 Å². The summed E-state index contributed by atoms with van der Waals surface area (Å²) in [6, 6.07) is 7.86. The van der Waals surface area contributed by atoms with E-state index in [1.54, 1.807) is 0 Å². The first kappa shape index (κ1) is 19.2. The van der Waals surface area contributed by atoms with Gasteiger partial charge in [-0.2, -0.15) is 0 Å². The standard InChI is InChI=1S/C21H28ClNO3/c1-15-6-5-7-16(2)23(15)19(24)14-26-20(25)21(12-3-4-13-21)17-8-10-18(22)11-9-17/h8-11,15-16H,3-7,12-14H2,1-2H3/t15-,16-/m0/s1. The quantitative estimate of drug-likeness (QED) is 0.726. The number of ether oxygens (including phenoxy) is 1. The first-order valence-electron chi connectivity index (χ1n) is 9.68. The van der Waals surface area contributed by atoms with Crippen LogP contribution in [0, 0.1) is 0 Å². The third-order valence-corrected chi connectivity index (χ3v) is 6.30. The predicted octanol–water partition coefficient (Wildman–Crippen LogP) is 4.48. The van der Waals surface area contributed by atoms with Crippen LogP contribution in [-0.4, -0.2) is 35.5 Å². The van der Waals surface area contributed by atoms with Crippen molar-refractivity contribution in [1.82, 2.24) is 4.90 Å². The van der Waals surface area contributed by atoms with Crippen molar-refractivity contribution in [2.75, 3.05) is 6.61 Å². The molecular weight excluding hydrogens is 350 g/mol. The van der Waals surface area contributed by atoms with E-state index in [2.05, 4.69) is 13.8 Å². The van der Waals surface area contributed by atoms with Crippen LogP contribution in [-0.2, 0) is 19.7 Å². The van der Waals surface area contributed by atoms with E-state index in [1.165, 1.54) is 0 Å². The zero-order chi connectivity index (χ0) is 18.7. The van der Waals surface area contributed by atoms with Crippen molar-refractivity contribution in [1.29, 1.82) is 0 Å². The lowest BCUT2D eigenvalue weighted by Gasteiger charge is -2.39. The van der Waals surface area contributed by atoms with E-state index in [0.29, 0.717) is 5.02 Å². The molecule has 0 unspecified atom stereocenters. The first-order valence-corrected chi connectivity index (χ1v) is 10.1. The number of hydrogen-bond acceptors (Lipinski definition) is 3. The summed E-state index contributed by atoms with van der Waals surface area (Å²) in [4.78, 5) is 27.5. The Kier molecular flexibility index (Phi) is 5.91. The summed E-state index contributed by atoms with van der Waals surface area (Å²) in [7, 11) is 0. The van der Waals surface area contributed by atoms with Crippen LogP contribution in [0.3, 0.4) is 0 Å². The molecular formula is C21H28ClNO3. The summed E-state index contributed by atoms with van der Waals surface area (Å²) >= 11 is 5.99. The maximum atomic E-state index is 13.0. The van der Waals surface area contributed by atoms with Crippen molar-refractivity contribution in [2.45, 2.75) is 76.3 Å². The normalized spacial score (nSPS) is 25.1. The molecule has 5 heteroatoms. The van der Waals surface area contributed by atoms with Crippen molar-refractivity contribution in [3.05, 3.63) is 34.9 Å². The Hall–Kier alpha value is -1.55. The Morgan fingerprint density at radius 1 is 1.08 bits per heavy atom. The minimum Gasteiger partial charge on any atom is -0.455 e. The van der Waals surface area contributed by atoms with Gasteiger partial charge in [0.25, 0.3) is 5.91 Å². The van der Waals surface area contributed by atoms with E-state index in [4.69, 9.17) is 16.3 Å². The molecule has 2 aliphatic rings. The van der Waals surface area contributed by atoms with E-state index in [-0.39, 0.29) is 30.6 Å². The van der Waals surface area contributed by atoms with Gasteiger partial charge >= 0.3 is 5.97 Å². The molecule has 1 amide bonds. The zero-order valence-electron chi connectivity index (χ0n) is 15.7. The Morgan fingerprint density at radius 3 is 2.23 bits per heavy atom. The van der Waals surface area contributed by atoms with Gasteiger partial charge in [0.1, 0.15) is 0 Å². The third-order valence-electron chi connectivity index (χ3n) is 6.05. The Labute approximate surface area is 160 Å². The number of likely N-dealkylation sites (tertiary alicyclic amines) is 1. The summed E-state index contributed by atoms with van der Waals surface area (Å²) in [5.74, 6) is -0.356. The highest BCUT2D eigenvalue weighted by Crippen LogP contribution is 2.42. The molecule has 1 aromatic rings. The molecule has 2 atom stereocenters. The highest BCUT2D eigenvalue weighted by molar-refractivity contribution is 6.30. The minimum atomic E-state index is -0.635. The molecule has 0 spiro atoms. The summed E-state index contributed by atoms with van der Waals surface area (Å²) in [5, 5.41) is 0.651. The van der Waals surface area contributed by atoms with Crippen molar-refractivity contribution in [2.24, 2.45) is 0 Å². The van der Waals surface area contributed by atoms with Crippen LogP contribution >= 0.6 is 11.6 Å². The number of esters is 1. The third kappa shape index (κ3) is 3.75. The van der Waals surface area contributed by atoms with Gasteiger partial charge in [-0.25, -0.2) is 0 Å². The van der Waals surface area contributed by atoms with Gasteiger partial charge in [0, 0.05) is 17.1 Å². The second-order valence-electron chi connectivity index (χ2n) is 7.80. The summed E-state index contributed by atoms with van der Waals surface area (Å²) in [6.07, 6.45) is 6.68. The number of hydrogen-bond donors (Lipinski definition) is 0. The van der Waals surface area contributed by atoms with Gasteiger partial charge in [0.2, 0.25) is 0 Å². The van der Waals surface area contributed by atoms with Gasteiger partial charge in [0.15, 0.2) is 6.61 Å². The fraction of sp³-hybridized carbons (Fsp3) is 0.619. The molecule has 4 nitrogen and oxygen atoms in total. The van der Waals surface area contributed by atoms with Crippen LogP contribution in [0.15, 0.2) is 24.3 Å². The van der Waals surface area contributed by atoms with Gasteiger partial charge < -0.3 is 9.64 Å². The smallest absolute Gasteiger partial charge is 0.317 e. The maximum absolute atomic E-state index is 13.0. The topological polar surface area (TPSA) is 46.6 Å². The second-order valence-corrected chi connectivity index (χ2v) is 8.24. The fourth-order valence-electron chi connectivity index (χ4n) is 4.61. The highest BCUT2D eigenvalue weighted by atomic mass is 35.5. The molecule has 0 radical (unpaired) electrons. The SMILES string of the molecule is C[C@H]1CCC[C@H](C)N1C(=O)COC(=O)C1(c2ccc(Cl)cc2)CCCC1. The Bertz CT molecular complexity index is 642. The molecule has 0 bridgehead atoms. The van der Waals surface area contributed by atoms with Gasteiger partial charge in [-0.3, -0.25) is 9.59 Å². The van der Waals surface area contributed by atoms with Gasteiger partial charge in [0.05, 0.1) is 5.41 Å². The molecule has 3 rings (SSSR count). The molecule has 26 heavy (non-hydrogen) atoms. The van der Waals surface area contributed by atoms with Crippen LogP contribution in [0.2, 0.25) is 5.02 Å². The number of benzene rings is 1. The van der Waals surface area contributed by atoms with Crippen LogP contribution < -0.4 is 0 Å². The second kappa shape index (κ2) is 7.99. The molecule has 1 saturated heterocycles. The molecule has 0 aromatic heterocycles. The average Bonchev–Trinajstić information content (AvgIpc) is 3.11. The number of nitrogens with zero attached hydrogens (tertiary/aromatic N) is 1. The molecule has 1 aliphatic heterocycles. The predicted molar refractivity (Wildman–Crippen MR) is 102 cm³/mol. The number of halogens is 1.